The number of aromatic amines is 1. The molecule has 2 heterocycles. The molecule has 1 aromatic carbocycles. The minimum atomic E-state index is -1.10. The number of nitrogens with one attached hydrogen (secondary N) is 1. The number of benzene rings is 1. The van der Waals surface area contributed by atoms with Crippen molar-refractivity contribution in [3.63, 3.8) is 0 Å². The molecule has 5 heteroatoms. The molecule has 0 unspecified atom stereocenters. The fourth-order valence-corrected chi connectivity index (χ4v) is 1.86. The van der Waals surface area contributed by atoms with Crippen LogP contribution in [0.4, 0.5) is 0 Å². The Hall–Kier alpha value is -2.56. The van der Waals surface area contributed by atoms with E-state index in [-0.39, 0.29) is 11.6 Å². The number of H-pyrrole nitrogens is 1. The summed E-state index contributed by atoms with van der Waals surface area (Å²) in [4.78, 5) is 17.8. The third-order valence-electron chi connectivity index (χ3n) is 2.73. The highest BCUT2D eigenvalue weighted by atomic mass is 16.4. The van der Waals surface area contributed by atoms with Gasteiger partial charge < -0.3 is 14.5 Å². The summed E-state index contributed by atoms with van der Waals surface area (Å²) in [5, 5.41) is 9.83. The van der Waals surface area contributed by atoms with Crippen molar-refractivity contribution in [3.8, 4) is 11.6 Å². The Morgan fingerprint density at radius 1 is 1.39 bits per heavy atom. The first-order chi connectivity index (χ1) is 8.63. The minimum Gasteiger partial charge on any atom is -0.476 e. The van der Waals surface area contributed by atoms with Crippen molar-refractivity contribution in [2.45, 2.75) is 6.92 Å². The van der Waals surface area contributed by atoms with E-state index in [9.17, 15) is 4.79 Å². The second kappa shape index (κ2) is 3.73. The third-order valence-corrected chi connectivity index (χ3v) is 2.73. The Morgan fingerprint density at radius 2 is 2.22 bits per heavy atom. The van der Waals surface area contributed by atoms with E-state index in [1.165, 1.54) is 0 Å². The molecule has 18 heavy (non-hydrogen) atoms. The van der Waals surface area contributed by atoms with Crippen molar-refractivity contribution in [1.82, 2.24) is 9.97 Å². The van der Waals surface area contributed by atoms with Gasteiger partial charge in [0.2, 0.25) is 5.89 Å². The molecule has 0 radical (unpaired) electrons. The molecule has 0 aliphatic rings. The monoisotopic (exact) mass is 242 g/mol. The summed E-state index contributed by atoms with van der Waals surface area (Å²) < 4.78 is 5.15. The number of rotatable bonds is 2. The normalized spacial score (nSPS) is 10.9. The van der Waals surface area contributed by atoms with Gasteiger partial charge in [-0.05, 0) is 25.1 Å². The summed E-state index contributed by atoms with van der Waals surface area (Å²) in [7, 11) is 0. The third kappa shape index (κ3) is 1.66. The first-order valence-electron chi connectivity index (χ1n) is 5.42. The van der Waals surface area contributed by atoms with Crippen LogP contribution in [0.25, 0.3) is 22.5 Å². The quantitative estimate of drug-likeness (QED) is 0.724. The standard InChI is InChI=1S/C13H10N2O3/c1-7-2-3-9-8(4-7)5-10(14-9)12-15-11(6-18-12)13(16)17/h2-6,14H,1H3,(H,16,17). The van der Waals surface area contributed by atoms with Gasteiger partial charge in [0.25, 0.3) is 0 Å². The zero-order valence-corrected chi connectivity index (χ0v) is 9.60. The maximum atomic E-state index is 10.7. The van der Waals surface area contributed by atoms with E-state index in [0.717, 1.165) is 22.7 Å². The molecule has 0 bridgehead atoms. The van der Waals surface area contributed by atoms with Crippen LogP contribution >= 0.6 is 0 Å². The fraction of sp³-hybridized carbons (Fsp3) is 0.0769. The lowest BCUT2D eigenvalue weighted by Gasteiger charge is -1.90. The lowest BCUT2D eigenvalue weighted by Crippen LogP contribution is -1.95. The Balaban J connectivity index is 2.10. The number of aryl methyl sites for hydroxylation is 1. The number of fused-ring (bicyclic) bond motifs is 1. The van der Waals surface area contributed by atoms with Crippen LogP contribution in [0.5, 0.6) is 0 Å². The van der Waals surface area contributed by atoms with Gasteiger partial charge in [-0.25, -0.2) is 9.78 Å². The van der Waals surface area contributed by atoms with Crippen LogP contribution in [0.1, 0.15) is 16.1 Å². The first-order valence-corrected chi connectivity index (χ1v) is 5.42. The predicted octanol–water partition coefficient (Wildman–Crippen LogP) is 2.83. The van der Waals surface area contributed by atoms with Crippen molar-refractivity contribution in [2.75, 3.05) is 0 Å². The van der Waals surface area contributed by atoms with E-state index in [0.29, 0.717) is 5.69 Å². The molecule has 0 aliphatic heterocycles. The highest BCUT2D eigenvalue weighted by molar-refractivity contribution is 5.87. The largest absolute Gasteiger partial charge is 0.476 e. The molecule has 0 saturated heterocycles. The summed E-state index contributed by atoms with van der Waals surface area (Å²) in [6, 6.07) is 7.90. The van der Waals surface area contributed by atoms with Gasteiger partial charge in [0.1, 0.15) is 12.0 Å². The van der Waals surface area contributed by atoms with E-state index in [1.54, 1.807) is 0 Å². The molecule has 2 aromatic heterocycles. The zero-order valence-electron chi connectivity index (χ0n) is 9.60. The van der Waals surface area contributed by atoms with Gasteiger partial charge >= 0.3 is 5.97 Å². The molecule has 3 rings (SSSR count). The molecule has 0 fully saturated rings. The van der Waals surface area contributed by atoms with Crippen molar-refractivity contribution in [2.24, 2.45) is 0 Å². The maximum Gasteiger partial charge on any atom is 0.357 e. The SMILES string of the molecule is Cc1ccc2[nH]c(-c3nc(C(=O)O)co3)cc2c1. The van der Waals surface area contributed by atoms with E-state index >= 15 is 0 Å². The number of oxazole rings is 1. The highest BCUT2D eigenvalue weighted by Gasteiger charge is 2.13. The van der Waals surface area contributed by atoms with Crippen molar-refractivity contribution in [1.29, 1.82) is 0 Å². The number of hydrogen-bond donors (Lipinski definition) is 2. The molecule has 0 amide bonds. The Morgan fingerprint density at radius 3 is 2.94 bits per heavy atom. The molecule has 0 atom stereocenters. The Bertz CT molecular complexity index is 740. The van der Waals surface area contributed by atoms with Gasteiger partial charge in [-0.3, -0.25) is 0 Å². The molecule has 0 aliphatic carbocycles. The van der Waals surface area contributed by atoms with E-state index in [2.05, 4.69) is 9.97 Å². The van der Waals surface area contributed by atoms with Gasteiger partial charge in [0, 0.05) is 10.9 Å². The predicted molar refractivity (Wildman–Crippen MR) is 65.5 cm³/mol. The summed E-state index contributed by atoms with van der Waals surface area (Å²) in [5.74, 6) is -0.821. The number of aromatic nitrogens is 2. The molecule has 0 spiro atoms. The average Bonchev–Trinajstić information content (AvgIpc) is 2.93. The van der Waals surface area contributed by atoms with Crippen LogP contribution < -0.4 is 0 Å². The van der Waals surface area contributed by atoms with Crippen molar-refractivity contribution < 1.29 is 14.3 Å². The topological polar surface area (TPSA) is 79.1 Å². The van der Waals surface area contributed by atoms with Crippen molar-refractivity contribution >= 4 is 16.9 Å². The number of nitrogens with zero attached hydrogens (tertiary/aromatic N) is 1. The molecule has 3 aromatic rings. The van der Waals surface area contributed by atoms with Crippen LogP contribution in [-0.4, -0.2) is 21.0 Å². The lowest BCUT2D eigenvalue weighted by molar-refractivity contribution is 0.0690. The number of aromatic carboxylic acids is 1. The summed E-state index contributed by atoms with van der Waals surface area (Å²) in [6.45, 7) is 2.01. The molecule has 90 valence electrons. The second-order valence-corrected chi connectivity index (χ2v) is 4.12. The molecule has 0 saturated carbocycles. The summed E-state index contributed by atoms with van der Waals surface area (Å²) in [6.07, 6.45) is 1.13. The van der Waals surface area contributed by atoms with E-state index in [4.69, 9.17) is 9.52 Å². The van der Waals surface area contributed by atoms with E-state index in [1.807, 2.05) is 31.2 Å². The fourth-order valence-electron chi connectivity index (χ4n) is 1.86. The van der Waals surface area contributed by atoms with Gasteiger partial charge in [0.15, 0.2) is 5.69 Å². The van der Waals surface area contributed by atoms with Crippen LogP contribution in [-0.2, 0) is 0 Å². The number of carboxylic acid groups (broad SMARTS) is 1. The van der Waals surface area contributed by atoms with Gasteiger partial charge in [-0.15, -0.1) is 0 Å². The van der Waals surface area contributed by atoms with Crippen LogP contribution in [0.2, 0.25) is 0 Å². The van der Waals surface area contributed by atoms with Crippen LogP contribution in [0, 0.1) is 6.92 Å². The summed E-state index contributed by atoms with van der Waals surface area (Å²) in [5.41, 5.74) is 2.69. The van der Waals surface area contributed by atoms with E-state index < -0.39 is 5.97 Å². The average molecular weight is 242 g/mol. The molecule has 2 N–H and O–H groups in total. The molecule has 5 nitrogen and oxygen atoms in total. The second-order valence-electron chi connectivity index (χ2n) is 4.12. The van der Waals surface area contributed by atoms with Crippen LogP contribution in [0.3, 0.4) is 0 Å². The number of carboxylic acids is 1. The number of hydrogen-bond acceptors (Lipinski definition) is 3. The first kappa shape index (κ1) is 10.6. The smallest absolute Gasteiger partial charge is 0.357 e. The van der Waals surface area contributed by atoms with Gasteiger partial charge in [-0.2, -0.15) is 0 Å². The zero-order chi connectivity index (χ0) is 12.7. The highest BCUT2D eigenvalue weighted by Crippen LogP contribution is 2.24. The summed E-state index contributed by atoms with van der Waals surface area (Å²) >= 11 is 0. The van der Waals surface area contributed by atoms with Gasteiger partial charge in [0.05, 0.1) is 0 Å². The maximum absolute atomic E-state index is 10.7. The van der Waals surface area contributed by atoms with Gasteiger partial charge in [-0.1, -0.05) is 11.6 Å². The van der Waals surface area contributed by atoms with Crippen LogP contribution in [0.15, 0.2) is 34.9 Å². The number of carbonyl (C=O) groups is 1. The lowest BCUT2D eigenvalue weighted by atomic mass is 10.2. The Labute approximate surface area is 102 Å². The molecular weight excluding hydrogens is 232 g/mol. The van der Waals surface area contributed by atoms with Crippen molar-refractivity contribution in [3.05, 3.63) is 41.8 Å². The Kier molecular flexibility index (Phi) is 2.19. The minimum absolute atomic E-state index is 0.0974. The molecular formula is C13H10N2O3.